The van der Waals surface area contributed by atoms with Gasteiger partial charge in [0.15, 0.2) is 5.67 Å². The standard InChI is InChI=1S/C14H19FN4/c1-2-8-19-13(17-11-18-19)9-14(15,10-16)12-6-4-3-5-7-12/h3-7,11H,2,8-10,16H2,1H3. The number of nitrogens with two attached hydrogens (primary N) is 1. The summed E-state index contributed by atoms with van der Waals surface area (Å²) in [5, 5.41) is 4.12. The second-order valence-electron chi connectivity index (χ2n) is 4.61. The van der Waals surface area contributed by atoms with Crippen LogP contribution in [0.1, 0.15) is 24.7 Å². The fraction of sp³-hybridized carbons (Fsp3) is 0.429. The number of hydrogen-bond donors (Lipinski definition) is 1. The van der Waals surface area contributed by atoms with Gasteiger partial charge >= 0.3 is 0 Å². The van der Waals surface area contributed by atoms with Crippen molar-refractivity contribution in [2.45, 2.75) is 32.0 Å². The first-order valence-corrected chi connectivity index (χ1v) is 6.51. The molecule has 0 radical (unpaired) electrons. The highest BCUT2D eigenvalue weighted by atomic mass is 19.1. The number of alkyl halides is 1. The molecule has 1 atom stereocenters. The van der Waals surface area contributed by atoms with Crippen LogP contribution in [0, 0.1) is 0 Å². The minimum atomic E-state index is -1.60. The second kappa shape index (κ2) is 5.93. The van der Waals surface area contributed by atoms with Gasteiger partial charge < -0.3 is 5.73 Å². The van der Waals surface area contributed by atoms with Crippen LogP contribution in [0.3, 0.4) is 0 Å². The number of benzene rings is 1. The number of hydrogen-bond acceptors (Lipinski definition) is 3. The highest BCUT2D eigenvalue weighted by Crippen LogP contribution is 2.28. The van der Waals surface area contributed by atoms with Gasteiger partial charge in [-0.05, 0) is 12.0 Å². The van der Waals surface area contributed by atoms with Gasteiger partial charge in [0.1, 0.15) is 12.2 Å². The van der Waals surface area contributed by atoms with Gasteiger partial charge in [-0.3, -0.25) is 0 Å². The van der Waals surface area contributed by atoms with Crippen LogP contribution in [-0.2, 0) is 18.6 Å². The second-order valence-corrected chi connectivity index (χ2v) is 4.61. The zero-order valence-corrected chi connectivity index (χ0v) is 11.1. The molecule has 2 rings (SSSR count). The first-order chi connectivity index (χ1) is 9.19. The molecule has 2 N–H and O–H groups in total. The Kier molecular flexibility index (Phi) is 4.27. The first kappa shape index (κ1) is 13.7. The molecule has 0 saturated heterocycles. The van der Waals surface area contributed by atoms with Crippen molar-refractivity contribution in [1.82, 2.24) is 14.8 Å². The van der Waals surface area contributed by atoms with Crippen molar-refractivity contribution in [1.29, 1.82) is 0 Å². The number of nitrogens with zero attached hydrogens (tertiary/aromatic N) is 3. The van der Waals surface area contributed by atoms with E-state index in [9.17, 15) is 0 Å². The molecule has 1 aromatic heterocycles. The maximum atomic E-state index is 15.0. The molecule has 4 nitrogen and oxygen atoms in total. The fourth-order valence-corrected chi connectivity index (χ4v) is 2.10. The summed E-state index contributed by atoms with van der Waals surface area (Å²) in [6.07, 6.45) is 2.55. The molecule has 2 aromatic rings. The van der Waals surface area contributed by atoms with Gasteiger partial charge in [-0.15, -0.1) is 0 Å². The van der Waals surface area contributed by atoms with Gasteiger partial charge in [-0.2, -0.15) is 5.10 Å². The van der Waals surface area contributed by atoms with E-state index in [0.29, 0.717) is 11.4 Å². The molecule has 0 saturated carbocycles. The van der Waals surface area contributed by atoms with E-state index >= 15 is 4.39 Å². The molecule has 1 aromatic carbocycles. The molecule has 102 valence electrons. The van der Waals surface area contributed by atoms with E-state index in [-0.39, 0.29) is 13.0 Å². The van der Waals surface area contributed by atoms with Crippen LogP contribution in [0.2, 0.25) is 0 Å². The molecule has 0 aliphatic heterocycles. The van der Waals surface area contributed by atoms with Crippen LogP contribution < -0.4 is 5.73 Å². The lowest BCUT2D eigenvalue weighted by Crippen LogP contribution is -2.34. The molecule has 0 spiro atoms. The lowest BCUT2D eigenvalue weighted by Gasteiger charge is -2.23. The molecule has 0 bridgehead atoms. The van der Waals surface area contributed by atoms with E-state index in [1.807, 2.05) is 25.1 Å². The summed E-state index contributed by atoms with van der Waals surface area (Å²) >= 11 is 0. The SMILES string of the molecule is CCCn1ncnc1CC(F)(CN)c1ccccc1. The van der Waals surface area contributed by atoms with Crippen molar-refractivity contribution >= 4 is 0 Å². The fourth-order valence-electron chi connectivity index (χ4n) is 2.10. The molecule has 0 fully saturated rings. The van der Waals surface area contributed by atoms with Crippen LogP contribution in [0.4, 0.5) is 4.39 Å². The van der Waals surface area contributed by atoms with E-state index in [2.05, 4.69) is 10.1 Å². The Hall–Kier alpha value is -1.75. The Morgan fingerprint density at radius 1 is 1.32 bits per heavy atom. The zero-order chi connectivity index (χ0) is 13.7. The highest BCUT2D eigenvalue weighted by molar-refractivity contribution is 5.24. The Balaban J connectivity index is 2.25. The summed E-state index contributed by atoms with van der Waals surface area (Å²) in [6, 6.07) is 9.01. The molecular formula is C14H19FN4. The summed E-state index contributed by atoms with van der Waals surface area (Å²) < 4.78 is 16.8. The largest absolute Gasteiger partial charge is 0.327 e. The maximum Gasteiger partial charge on any atom is 0.155 e. The summed E-state index contributed by atoms with van der Waals surface area (Å²) in [6.45, 7) is 2.72. The Morgan fingerprint density at radius 3 is 2.68 bits per heavy atom. The van der Waals surface area contributed by atoms with Gasteiger partial charge in [0.2, 0.25) is 0 Å². The van der Waals surface area contributed by atoms with Gasteiger partial charge in [-0.25, -0.2) is 14.1 Å². The predicted octanol–water partition coefficient (Wildman–Crippen LogP) is 2.05. The van der Waals surface area contributed by atoms with Gasteiger partial charge in [0, 0.05) is 19.5 Å². The van der Waals surface area contributed by atoms with Crippen LogP contribution in [0.25, 0.3) is 0 Å². The predicted molar refractivity (Wildman–Crippen MR) is 72.3 cm³/mol. The smallest absolute Gasteiger partial charge is 0.155 e. The van der Waals surface area contributed by atoms with Crippen molar-refractivity contribution in [3.05, 3.63) is 48.0 Å². The monoisotopic (exact) mass is 262 g/mol. The average molecular weight is 262 g/mol. The Morgan fingerprint density at radius 2 is 2.05 bits per heavy atom. The quantitative estimate of drug-likeness (QED) is 0.867. The third-order valence-corrected chi connectivity index (χ3v) is 3.18. The van der Waals surface area contributed by atoms with Crippen LogP contribution in [-0.4, -0.2) is 21.3 Å². The summed E-state index contributed by atoms with van der Waals surface area (Å²) in [5.74, 6) is 0.638. The maximum absolute atomic E-state index is 15.0. The molecule has 1 unspecified atom stereocenters. The normalized spacial score (nSPS) is 14.3. The molecule has 0 aliphatic carbocycles. The number of halogens is 1. The van der Waals surface area contributed by atoms with Crippen molar-refractivity contribution in [2.24, 2.45) is 5.73 Å². The third-order valence-electron chi connectivity index (χ3n) is 3.18. The van der Waals surface area contributed by atoms with E-state index in [1.165, 1.54) is 6.33 Å². The van der Waals surface area contributed by atoms with Crippen molar-refractivity contribution in [2.75, 3.05) is 6.54 Å². The highest BCUT2D eigenvalue weighted by Gasteiger charge is 2.32. The lowest BCUT2D eigenvalue weighted by molar-refractivity contribution is 0.169. The van der Waals surface area contributed by atoms with E-state index in [1.54, 1.807) is 16.8 Å². The number of rotatable bonds is 6. The van der Waals surface area contributed by atoms with Crippen LogP contribution >= 0.6 is 0 Å². The van der Waals surface area contributed by atoms with Gasteiger partial charge in [-0.1, -0.05) is 37.3 Å². The Labute approximate surface area is 112 Å². The minimum absolute atomic E-state index is 0.0734. The lowest BCUT2D eigenvalue weighted by atomic mass is 9.92. The zero-order valence-electron chi connectivity index (χ0n) is 11.1. The molecular weight excluding hydrogens is 243 g/mol. The topological polar surface area (TPSA) is 56.7 Å². The summed E-state index contributed by atoms with van der Waals surface area (Å²) in [7, 11) is 0. The Bertz CT molecular complexity index is 511. The van der Waals surface area contributed by atoms with Crippen molar-refractivity contribution < 1.29 is 4.39 Å². The number of aryl methyl sites for hydroxylation is 1. The molecule has 5 heteroatoms. The molecule has 1 heterocycles. The summed E-state index contributed by atoms with van der Waals surface area (Å²) in [5.41, 5.74) is 4.64. The van der Waals surface area contributed by atoms with Gasteiger partial charge in [0.05, 0.1) is 0 Å². The first-order valence-electron chi connectivity index (χ1n) is 6.51. The van der Waals surface area contributed by atoms with Crippen molar-refractivity contribution in [3.63, 3.8) is 0 Å². The van der Waals surface area contributed by atoms with Crippen LogP contribution in [0.5, 0.6) is 0 Å². The van der Waals surface area contributed by atoms with E-state index < -0.39 is 5.67 Å². The van der Waals surface area contributed by atoms with Crippen molar-refractivity contribution in [3.8, 4) is 0 Å². The third kappa shape index (κ3) is 2.98. The minimum Gasteiger partial charge on any atom is -0.327 e. The van der Waals surface area contributed by atoms with E-state index in [4.69, 9.17) is 5.73 Å². The summed E-state index contributed by atoms with van der Waals surface area (Å²) in [4.78, 5) is 4.15. The molecule has 19 heavy (non-hydrogen) atoms. The van der Waals surface area contributed by atoms with Crippen LogP contribution in [0.15, 0.2) is 36.7 Å². The van der Waals surface area contributed by atoms with E-state index in [0.717, 1.165) is 13.0 Å². The molecule has 0 aliphatic rings. The number of aromatic nitrogens is 3. The molecule has 0 amide bonds. The average Bonchev–Trinajstić information content (AvgIpc) is 2.87. The van der Waals surface area contributed by atoms with Gasteiger partial charge in [0.25, 0.3) is 0 Å².